The van der Waals surface area contributed by atoms with Gasteiger partial charge >= 0.3 is 0 Å². The van der Waals surface area contributed by atoms with E-state index in [0.717, 1.165) is 16.8 Å². The third-order valence-corrected chi connectivity index (χ3v) is 3.20. The van der Waals surface area contributed by atoms with Crippen LogP contribution in [0.25, 0.3) is 0 Å². The number of carbonyl (C=O) groups is 1. The molecule has 0 aliphatic heterocycles. The van der Waals surface area contributed by atoms with Crippen LogP contribution >= 0.6 is 23.2 Å². The molecule has 0 atom stereocenters. The quantitative estimate of drug-likeness (QED) is 0.839. The van der Waals surface area contributed by atoms with Gasteiger partial charge in [0.15, 0.2) is 0 Å². The van der Waals surface area contributed by atoms with E-state index in [1.165, 1.54) is 0 Å². The van der Waals surface area contributed by atoms with E-state index in [1.807, 2.05) is 36.4 Å². The standard InChI is InChI=1S/C15H13Cl2NO/c16-10-12-2-1-3-14(8-12)18-15(19)9-11-4-6-13(17)7-5-11/h1-8H,9-10H2,(H,18,19). The van der Waals surface area contributed by atoms with E-state index in [4.69, 9.17) is 23.2 Å². The fraction of sp³-hybridized carbons (Fsp3) is 0.133. The Kier molecular flexibility index (Phi) is 4.83. The van der Waals surface area contributed by atoms with E-state index in [0.29, 0.717) is 17.3 Å². The fourth-order valence-corrected chi connectivity index (χ4v) is 2.02. The molecule has 19 heavy (non-hydrogen) atoms. The Labute approximate surface area is 122 Å². The van der Waals surface area contributed by atoms with Crippen LogP contribution < -0.4 is 5.32 Å². The molecular weight excluding hydrogens is 281 g/mol. The average Bonchev–Trinajstić information content (AvgIpc) is 2.41. The minimum absolute atomic E-state index is 0.0611. The van der Waals surface area contributed by atoms with E-state index < -0.39 is 0 Å². The van der Waals surface area contributed by atoms with Gasteiger partial charge in [-0.25, -0.2) is 0 Å². The first-order valence-electron chi connectivity index (χ1n) is 5.86. The monoisotopic (exact) mass is 293 g/mol. The lowest BCUT2D eigenvalue weighted by Crippen LogP contribution is -2.14. The van der Waals surface area contributed by atoms with E-state index in [-0.39, 0.29) is 5.91 Å². The van der Waals surface area contributed by atoms with Crippen molar-refractivity contribution in [2.45, 2.75) is 12.3 Å². The first-order chi connectivity index (χ1) is 9.17. The number of halogens is 2. The molecule has 0 radical (unpaired) electrons. The van der Waals surface area contributed by atoms with Gasteiger partial charge in [-0.2, -0.15) is 0 Å². The molecule has 4 heteroatoms. The second-order valence-corrected chi connectivity index (χ2v) is 4.89. The van der Waals surface area contributed by atoms with Gasteiger partial charge in [-0.3, -0.25) is 4.79 Å². The van der Waals surface area contributed by atoms with Gasteiger partial charge < -0.3 is 5.32 Å². The van der Waals surface area contributed by atoms with E-state index in [9.17, 15) is 4.79 Å². The second kappa shape index (κ2) is 6.60. The molecule has 0 unspecified atom stereocenters. The van der Waals surface area contributed by atoms with Crippen LogP contribution in [0.4, 0.5) is 5.69 Å². The number of rotatable bonds is 4. The fourth-order valence-electron chi connectivity index (χ4n) is 1.73. The van der Waals surface area contributed by atoms with Crippen molar-refractivity contribution >= 4 is 34.8 Å². The van der Waals surface area contributed by atoms with Gasteiger partial charge in [-0.05, 0) is 35.4 Å². The molecule has 0 bridgehead atoms. The van der Waals surface area contributed by atoms with Crippen LogP contribution in [0.2, 0.25) is 5.02 Å². The molecule has 1 amide bonds. The highest BCUT2D eigenvalue weighted by Gasteiger charge is 2.04. The Hall–Kier alpha value is -1.51. The molecule has 0 aliphatic rings. The van der Waals surface area contributed by atoms with Crippen LogP contribution in [0.3, 0.4) is 0 Å². The van der Waals surface area contributed by atoms with Crippen molar-refractivity contribution in [2.75, 3.05) is 5.32 Å². The summed E-state index contributed by atoms with van der Waals surface area (Å²) < 4.78 is 0. The lowest BCUT2D eigenvalue weighted by atomic mass is 10.1. The number of anilines is 1. The van der Waals surface area contributed by atoms with E-state index in [2.05, 4.69) is 5.32 Å². The third kappa shape index (κ3) is 4.27. The number of hydrogen-bond donors (Lipinski definition) is 1. The van der Waals surface area contributed by atoms with Crippen molar-refractivity contribution in [2.24, 2.45) is 0 Å². The van der Waals surface area contributed by atoms with Crippen molar-refractivity contribution in [1.82, 2.24) is 0 Å². The van der Waals surface area contributed by atoms with Crippen LogP contribution in [-0.4, -0.2) is 5.91 Å². The molecule has 0 heterocycles. The summed E-state index contributed by atoms with van der Waals surface area (Å²) in [6, 6.07) is 14.7. The normalized spacial score (nSPS) is 10.2. The lowest BCUT2D eigenvalue weighted by molar-refractivity contribution is -0.115. The maximum Gasteiger partial charge on any atom is 0.228 e. The van der Waals surface area contributed by atoms with Crippen LogP contribution in [0.1, 0.15) is 11.1 Å². The summed E-state index contributed by atoms with van der Waals surface area (Å²) in [6.45, 7) is 0. The highest BCUT2D eigenvalue weighted by molar-refractivity contribution is 6.30. The highest BCUT2D eigenvalue weighted by atomic mass is 35.5. The summed E-state index contributed by atoms with van der Waals surface area (Å²) >= 11 is 11.6. The number of alkyl halides is 1. The molecule has 2 nitrogen and oxygen atoms in total. The zero-order valence-electron chi connectivity index (χ0n) is 10.2. The van der Waals surface area contributed by atoms with Crippen molar-refractivity contribution in [3.8, 4) is 0 Å². The van der Waals surface area contributed by atoms with Gasteiger partial charge in [-0.1, -0.05) is 35.9 Å². The molecule has 2 rings (SSSR count). The minimum Gasteiger partial charge on any atom is -0.326 e. The zero-order chi connectivity index (χ0) is 13.7. The molecule has 2 aromatic carbocycles. The average molecular weight is 294 g/mol. The summed E-state index contributed by atoms with van der Waals surface area (Å²) in [5, 5.41) is 3.51. The molecule has 0 saturated heterocycles. The van der Waals surface area contributed by atoms with Gasteiger partial charge in [-0.15, -0.1) is 11.6 Å². The Morgan fingerprint density at radius 3 is 2.47 bits per heavy atom. The Balaban J connectivity index is 1.99. The van der Waals surface area contributed by atoms with E-state index >= 15 is 0 Å². The molecule has 0 aliphatic carbocycles. The van der Waals surface area contributed by atoms with Gasteiger partial charge in [0.25, 0.3) is 0 Å². The predicted molar refractivity (Wildman–Crippen MR) is 79.8 cm³/mol. The van der Waals surface area contributed by atoms with Gasteiger partial charge in [0.05, 0.1) is 6.42 Å². The van der Waals surface area contributed by atoms with Crippen molar-refractivity contribution in [3.63, 3.8) is 0 Å². The molecule has 98 valence electrons. The minimum atomic E-state index is -0.0611. The number of nitrogens with one attached hydrogen (secondary N) is 1. The number of hydrogen-bond acceptors (Lipinski definition) is 1. The first-order valence-corrected chi connectivity index (χ1v) is 6.78. The lowest BCUT2D eigenvalue weighted by Gasteiger charge is -2.06. The largest absolute Gasteiger partial charge is 0.326 e. The van der Waals surface area contributed by atoms with Crippen LogP contribution in [0, 0.1) is 0 Å². The number of benzene rings is 2. The van der Waals surface area contributed by atoms with Crippen LogP contribution in [0.5, 0.6) is 0 Å². The highest BCUT2D eigenvalue weighted by Crippen LogP contribution is 2.14. The molecule has 1 N–H and O–H groups in total. The topological polar surface area (TPSA) is 29.1 Å². The summed E-state index contributed by atoms with van der Waals surface area (Å²) in [6.07, 6.45) is 0.322. The summed E-state index contributed by atoms with van der Waals surface area (Å²) in [4.78, 5) is 11.9. The smallest absolute Gasteiger partial charge is 0.228 e. The Morgan fingerprint density at radius 1 is 1.05 bits per heavy atom. The molecule has 0 spiro atoms. The SMILES string of the molecule is O=C(Cc1ccc(Cl)cc1)Nc1cccc(CCl)c1. The van der Waals surface area contributed by atoms with E-state index in [1.54, 1.807) is 12.1 Å². The number of carbonyl (C=O) groups excluding carboxylic acids is 1. The van der Waals surface area contributed by atoms with Crippen molar-refractivity contribution < 1.29 is 4.79 Å². The molecule has 0 fully saturated rings. The van der Waals surface area contributed by atoms with Crippen molar-refractivity contribution in [1.29, 1.82) is 0 Å². The predicted octanol–water partition coefficient (Wildman–Crippen LogP) is 4.26. The molecule has 2 aromatic rings. The van der Waals surface area contributed by atoms with Gasteiger partial charge in [0.2, 0.25) is 5.91 Å². The second-order valence-electron chi connectivity index (χ2n) is 4.19. The summed E-state index contributed by atoms with van der Waals surface area (Å²) in [7, 11) is 0. The van der Waals surface area contributed by atoms with Crippen LogP contribution in [-0.2, 0) is 17.1 Å². The summed E-state index contributed by atoms with van der Waals surface area (Å²) in [5.41, 5.74) is 2.67. The van der Waals surface area contributed by atoms with Gasteiger partial charge in [0.1, 0.15) is 0 Å². The Morgan fingerprint density at radius 2 is 1.79 bits per heavy atom. The molecule has 0 aromatic heterocycles. The zero-order valence-corrected chi connectivity index (χ0v) is 11.7. The first kappa shape index (κ1) is 13.9. The maximum atomic E-state index is 11.9. The van der Waals surface area contributed by atoms with Crippen LogP contribution in [0.15, 0.2) is 48.5 Å². The maximum absolute atomic E-state index is 11.9. The number of amides is 1. The third-order valence-electron chi connectivity index (χ3n) is 2.64. The Bertz CT molecular complexity index is 567. The van der Waals surface area contributed by atoms with Crippen molar-refractivity contribution in [3.05, 3.63) is 64.7 Å². The molecule has 0 saturated carbocycles. The van der Waals surface area contributed by atoms with Gasteiger partial charge in [0, 0.05) is 16.6 Å². The summed E-state index contributed by atoms with van der Waals surface area (Å²) in [5.74, 6) is 0.370. The molecular formula is C15H13Cl2NO.